The third kappa shape index (κ3) is 4.62. The van der Waals surface area contributed by atoms with Crippen molar-refractivity contribution in [1.29, 1.82) is 0 Å². The molecule has 5 nitrogen and oxygen atoms in total. The minimum Gasteiger partial charge on any atom is -0.490 e. The van der Waals surface area contributed by atoms with Gasteiger partial charge in [-0.1, -0.05) is 19.9 Å². The SMILES string of the molecule is CC[C@H]1C(C)C(C(F)(F)F)=NN1c1ccc(OC2CCN(c3ccccn3)CC2)cc1. The predicted molar refractivity (Wildman–Crippen MR) is 116 cm³/mol. The van der Waals surface area contributed by atoms with E-state index in [0.29, 0.717) is 12.1 Å². The number of hydrazone groups is 1. The topological polar surface area (TPSA) is 41.0 Å². The van der Waals surface area contributed by atoms with Gasteiger partial charge < -0.3 is 9.64 Å². The number of nitrogens with zero attached hydrogens (tertiary/aromatic N) is 4. The number of pyridine rings is 1. The summed E-state index contributed by atoms with van der Waals surface area (Å²) in [5.41, 5.74) is -0.0605. The van der Waals surface area contributed by atoms with Crippen LogP contribution in [0.5, 0.6) is 5.75 Å². The van der Waals surface area contributed by atoms with Crippen LogP contribution in [0.2, 0.25) is 0 Å². The lowest BCUT2D eigenvalue weighted by Crippen LogP contribution is -2.38. The molecule has 0 radical (unpaired) electrons. The Morgan fingerprint density at radius 3 is 2.35 bits per heavy atom. The Balaban J connectivity index is 1.38. The molecule has 0 N–H and O–H groups in total. The third-order valence-electron chi connectivity index (χ3n) is 6.07. The van der Waals surface area contributed by atoms with Crippen molar-refractivity contribution in [2.75, 3.05) is 23.0 Å². The van der Waals surface area contributed by atoms with E-state index in [2.05, 4.69) is 15.0 Å². The molecule has 0 saturated carbocycles. The van der Waals surface area contributed by atoms with Crippen molar-refractivity contribution in [2.45, 2.75) is 51.4 Å². The second-order valence-corrected chi connectivity index (χ2v) is 8.08. The highest BCUT2D eigenvalue weighted by Crippen LogP contribution is 2.36. The van der Waals surface area contributed by atoms with E-state index >= 15 is 0 Å². The number of benzene rings is 1. The molecule has 0 amide bonds. The molecule has 2 aliphatic heterocycles. The van der Waals surface area contributed by atoms with Gasteiger partial charge in [-0.05, 0) is 42.8 Å². The lowest BCUT2D eigenvalue weighted by molar-refractivity contribution is -0.0620. The van der Waals surface area contributed by atoms with Gasteiger partial charge in [0.2, 0.25) is 0 Å². The molecule has 1 saturated heterocycles. The maximum Gasteiger partial charge on any atom is 0.431 e. The molecule has 1 unspecified atom stereocenters. The molecule has 3 heterocycles. The highest BCUT2D eigenvalue weighted by Gasteiger charge is 2.47. The largest absolute Gasteiger partial charge is 0.490 e. The van der Waals surface area contributed by atoms with Gasteiger partial charge in [0, 0.05) is 38.0 Å². The average Bonchev–Trinajstić information content (AvgIpc) is 3.12. The smallest absolute Gasteiger partial charge is 0.431 e. The van der Waals surface area contributed by atoms with Crippen molar-refractivity contribution in [3.8, 4) is 5.75 Å². The second-order valence-electron chi connectivity index (χ2n) is 8.08. The Kier molecular flexibility index (Phi) is 6.07. The minimum atomic E-state index is -4.41. The Labute approximate surface area is 180 Å². The molecule has 4 rings (SSSR count). The summed E-state index contributed by atoms with van der Waals surface area (Å²) in [5, 5.41) is 5.42. The van der Waals surface area contributed by atoms with E-state index in [1.165, 1.54) is 5.01 Å². The lowest BCUT2D eigenvalue weighted by atomic mass is 9.95. The molecule has 1 aromatic heterocycles. The first-order valence-corrected chi connectivity index (χ1v) is 10.7. The van der Waals surface area contributed by atoms with Crippen LogP contribution in [0.1, 0.15) is 33.1 Å². The molecule has 2 aromatic rings. The molecule has 1 aromatic carbocycles. The number of piperidine rings is 1. The third-order valence-corrected chi connectivity index (χ3v) is 6.07. The number of rotatable bonds is 5. The van der Waals surface area contributed by atoms with Crippen LogP contribution < -0.4 is 14.6 Å². The number of ether oxygens (including phenoxy) is 1. The van der Waals surface area contributed by atoms with Crippen molar-refractivity contribution in [3.63, 3.8) is 0 Å². The van der Waals surface area contributed by atoms with E-state index in [1.54, 1.807) is 25.3 Å². The first kappa shape index (κ1) is 21.5. The normalized spacial score (nSPS) is 22.5. The average molecular weight is 432 g/mol. The second kappa shape index (κ2) is 8.77. The van der Waals surface area contributed by atoms with Crippen LogP contribution in [-0.4, -0.2) is 42.1 Å². The summed E-state index contributed by atoms with van der Waals surface area (Å²) in [5.74, 6) is 1.04. The van der Waals surface area contributed by atoms with E-state index in [1.807, 2.05) is 37.3 Å². The minimum absolute atomic E-state index is 0.107. The zero-order valence-corrected chi connectivity index (χ0v) is 17.7. The zero-order chi connectivity index (χ0) is 22.0. The maximum atomic E-state index is 13.3. The van der Waals surface area contributed by atoms with Gasteiger partial charge >= 0.3 is 6.18 Å². The van der Waals surface area contributed by atoms with E-state index in [9.17, 15) is 13.2 Å². The monoisotopic (exact) mass is 432 g/mol. The molecule has 0 spiro atoms. The van der Waals surface area contributed by atoms with Crippen molar-refractivity contribution >= 4 is 17.2 Å². The van der Waals surface area contributed by atoms with Gasteiger partial charge in [-0.2, -0.15) is 18.3 Å². The fraction of sp³-hybridized carbons (Fsp3) is 0.478. The van der Waals surface area contributed by atoms with Crippen LogP contribution in [0.15, 0.2) is 53.8 Å². The summed E-state index contributed by atoms with van der Waals surface area (Å²) >= 11 is 0. The molecular weight excluding hydrogens is 405 g/mol. The van der Waals surface area contributed by atoms with Gasteiger partial charge in [-0.3, -0.25) is 5.01 Å². The summed E-state index contributed by atoms with van der Waals surface area (Å²) in [6, 6.07) is 12.8. The summed E-state index contributed by atoms with van der Waals surface area (Å²) < 4.78 is 46.0. The summed E-state index contributed by atoms with van der Waals surface area (Å²) in [6.45, 7) is 5.23. The van der Waals surface area contributed by atoms with Crippen LogP contribution >= 0.6 is 0 Å². The fourth-order valence-electron chi connectivity index (χ4n) is 4.38. The summed E-state index contributed by atoms with van der Waals surface area (Å²) in [4.78, 5) is 6.65. The van der Waals surface area contributed by atoms with Gasteiger partial charge in [0.05, 0.1) is 11.7 Å². The molecule has 0 aliphatic carbocycles. The van der Waals surface area contributed by atoms with Crippen LogP contribution in [0.4, 0.5) is 24.7 Å². The van der Waals surface area contributed by atoms with E-state index in [4.69, 9.17) is 4.74 Å². The van der Waals surface area contributed by atoms with Crippen molar-refractivity contribution in [3.05, 3.63) is 48.7 Å². The number of alkyl halides is 3. The number of anilines is 2. The van der Waals surface area contributed by atoms with Gasteiger partial charge in [-0.25, -0.2) is 4.98 Å². The highest BCUT2D eigenvalue weighted by molar-refractivity contribution is 5.95. The molecule has 2 aliphatic rings. The molecular formula is C23H27F3N4O. The Hall–Kier alpha value is -2.77. The number of hydrogen-bond acceptors (Lipinski definition) is 5. The molecule has 0 bridgehead atoms. The van der Waals surface area contributed by atoms with Crippen LogP contribution in [-0.2, 0) is 0 Å². The van der Waals surface area contributed by atoms with Gasteiger partial charge in [-0.15, -0.1) is 0 Å². The Bertz CT molecular complexity index is 893. The fourth-order valence-corrected chi connectivity index (χ4v) is 4.38. The quantitative estimate of drug-likeness (QED) is 0.644. The number of aromatic nitrogens is 1. The van der Waals surface area contributed by atoms with Crippen LogP contribution in [0.25, 0.3) is 0 Å². The maximum absolute atomic E-state index is 13.3. The van der Waals surface area contributed by atoms with Gasteiger partial charge in [0.15, 0.2) is 0 Å². The van der Waals surface area contributed by atoms with Gasteiger partial charge in [0.25, 0.3) is 0 Å². The standard InChI is InChI=1S/C23H27F3N4O/c1-3-20-16(2)22(23(24,25)26)28-30(20)17-7-9-18(10-8-17)31-19-11-14-29(15-12-19)21-6-4-5-13-27-21/h4-10,13,16,19-20H,3,11-12,14-15H2,1-2H3/t16?,20-/m0/s1. The molecule has 31 heavy (non-hydrogen) atoms. The highest BCUT2D eigenvalue weighted by atomic mass is 19.4. The zero-order valence-electron chi connectivity index (χ0n) is 17.7. The van der Waals surface area contributed by atoms with E-state index in [-0.39, 0.29) is 12.1 Å². The van der Waals surface area contributed by atoms with Crippen LogP contribution in [0.3, 0.4) is 0 Å². The van der Waals surface area contributed by atoms with E-state index in [0.717, 1.165) is 37.5 Å². The lowest BCUT2D eigenvalue weighted by Gasteiger charge is -2.33. The van der Waals surface area contributed by atoms with Gasteiger partial charge in [0.1, 0.15) is 23.4 Å². The summed E-state index contributed by atoms with van der Waals surface area (Å²) in [7, 11) is 0. The van der Waals surface area contributed by atoms with Crippen LogP contribution in [0, 0.1) is 5.92 Å². The Morgan fingerprint density at radius 2 is 1.77 bits per heavy atom. The Morgan fingerprint density at radius 1 is 1.06 bits per heavy atom. The van der Waals surface area contributed by atoms with E-state index < -0.39 is 17.8 Å². The molecule has 2 atom stereocenters. The van der Waals surface area contributed by atoms with Crippen molar-refractivity contribution in [2.24, 2.45) is 11.0 Å². The predicted octanol–water partition coefficient (Wildman–Crippen LogP) is 5.28. The number of hydrogen-bond donors (Lipinski definition) is 0. The first-order valence-electron chi connectivity index (χ1n) is 10.7. The van der Waals surface area contributed by atoms with Crippen molar-refractivity contribution in [1.82, 2.24) is 4.98 Å². The van der Waals surface area contributed by atoms with Crippen molar-refractivity contribution < 1.29 is 17.9 Å². The summed E-state index contributed by atoms with van der Waals surface area (Å²) in [6.07, 6.45) is -0.147. The molecule has 166 valence electrons. The first-order chi connectivity index (χ1) is 14.9. The molecule has 1 fully saturated rings. The molecule has 8 heteroatoms. The number of halogens is 3.